The lowest BCUT2D eigenvalue weighted by atomic mass is 10.0. The van der Waals surface area contributed by atoms with E-state index in [0.29, 0.717) is 0 Å². The van der Waals surface area contributed by atoms with Crippen molar-refractivity contribution in [1.82, 2.24) is 0 Å². The van der Waals surface area contributed by atoms with E-state index in [9.17, 15) is 0 Å². The summed E-state index contributed by atoms with van der Waals surface area (Å²) in [7, 11) is 0. The second-order valence-electron chi connectivity index (χ2n) is 8.78. The van der Waals surface area contributed by atoms with Gasteiger partial charge in [0.1, 0.15) is 0 Å². The van der Waals surface area contributed by atoms with Gasteiger partial charge in [0.05, 0.1) is 0 Å². The van der Waals surface area contributed by atoms with Crippen LogP contribution in [-0.4, -0.2) is 0 Å². The molecule has 0 aromatic heterocycles. The minimum Gasteiger partial charge on any atom is -0.310 e. The Kier molecular flexibility index (Phi) is 5.08. The molecule has 0 unspecified atom stereocenters. The monoisotopic (exact) mass is 435 g/mol. The fourth-order valence-corrected chi connectivity index (χ4v) is 4.70. The second kappa shape index (κ2) is 8.53. The number of aryl methyl sites for hydroxylation is 1. The van der Waals surface area contributed by atoms with E-state index in [4.69, 9.17) is 0 Å². The van der Waals surface area contributed by atoms with Crippen LogP contribution in [0.5, 0.6) is 0 Å². The van der Waals surface area contributed by atoms with Gasteiger partial charge >= 0.3 is 0 Å². The van der Waals surface area contributed by atoms with Crippen molar-refractivity contribution in [2.24, 2.45) is 0 Å². The molecule has 0 N–H and O–H groups in total. The molecular weight excluding hydrogens is 410 g/mol. The molecule has 0 heterocycles. The lowest BCUT2D eigenvalue weighted by Gasteiger charge is -2.26. The standard InChI is InChI=1S/C33H25N/c1-24-11-18-29(19-12-24)34(30-20-15-26(16-21-30)25-7-3-2-4-8-25)31-22-17-28-14-13-27-9-5-6-10-32(27)33(28)23-31/h2-23H,1H3. The zero-order chi connectivity index (χ0) is 22.9. The maximum absolute atomic E-state index is 2.34. The average Bonchev–Trinajstić information content (AvgIpc) is 2.91. The van der Waals surface area contributed by atoms with E-state index in [1.165, 1.54) is 38.2 Å². The third kappa shape index (κ3) is 3.72. The van der Waals surface area contributed by atoms with Crippen molar-refractivity contribution in [3.05, 3.63) is 139 Å². The highest BCUT2D eigenvalue weighted by Gasteiger charge is 2.14. The first kappa shape index (κ1) is 20.3. The van der Waals surface area contributed by atoms with Gasteiger partial charge in [-0.2, -0.15) is 0 Å². The molecule has 0 atom stereocenters. The quantitative estimate of drug-likeness (QED) is 0.249. The molecule has 6 rings (SSSR count). The molecule has 0 aliphatic rings. The molecule has 0 saturated carbocycles. The molecule has 162 valence electrons. The van der Waals surface area contributed by atoms with Gasteiger partial charge in [0.15, 0.2) is 0 Å². The summed E-state index contributed by atoms with van der Waals surface area (Å²) in [5.41, 5.74) is 7.15. The highest BCUT2D eigenvalue weighted by atomic mass is 15.1. The number of anilines is 3. The molecule has 0 aliphatic carbocycles. The van der Waals surface area contributed by atoms with Gasteiger partial charge in [-0.3, -0.25) is 0 Å². The molecular formula is C33H25N. The summed E-state index contributed by atoms with van der Waals surface area (Å²) >= 11 is 0. The van der Waals surface area contributed by atoms with Crippen molar-refractivity contribution < 1.29 is 0 Å². The van der Waals surface area contributed by atoms with Gasteiger partial charge in [-0.15, -0.1) is 0 Å². The van der Waals surface area contributed by atoms with Gasteiger partial charge in [0.2, 0.25) is 0 Å². The normalized spacial score (nSPS) is 11.1. The highest BCUT2D eigenvalue weighted by Crippen LogP contribution is 2.38. The Balaban J connectivity index is 1.51. The molecule has 0 fully saturated rings. The van der Waals surface area contributed by atoms with Gasteiger partial charge in [-0.1, -0.05) is 103 Å². The fourth-order valence-electron chi connectivity index (χ4n) is 4.70. The first-order valence-electron chi connectivity index (χ1n) is 11.7. The van der Waals surface area contributed by atoms with Gasteiger partial charge in [0.25, 0.3) is 0 Å². The van der Waals surface area contributed by atoms with Crippen LogP contribution < -0.4 is 4.90 Å². The summed E-state index contributed by atoms with van der Waals surface area (Å²) in [6.45, 7) is 2.13. The SMILES string of the molecule is Cc1ccc(N(c2ccc(-c3ccccc3)cc2)c2ccc3ccc4ccccc4c3c2)cc1. The molecule has 0 saturated heterocycles. The van der Waals surface area contributed by atoms with Crippen LogP contribution in [0.4, 0.5) is 17.1 Å². The van der Waals surface area contributed by atoms with Crippen LogP contribution in [0.3, 0.4) is 0 Å². The lowest BCUT2D eigenvalue weighted by molar-refractivity contribution is 1.28. The Hall–Kier alpha value is -4.36. The molecule has 6 aromatic carbocycles. The minimum absolute atomic E-state index is 1.14. The van der Waals surface area contributed by atoms with Gasteiger partial charge < -0.3 is 4.90 Å². The van der Waals surface area contributed by atoms with E-state index >= 15 is 0 Å². The van der Waals surface area contributed by atoms with E-state index < -0.39 is 0 Å². The van der Waals surface area contributed by atoms with Crippen molar-refractivity contribution >= 4 is 38.6 Å². The molecule has 6 aromatic rings. The van der Waals surface area contributed by atoms with Gasteiger partial charge in [-0.25, -0.2) is 0 Å². The van der Waals surface area contributed by atoms with Crippen molar-refractivity contribution in [1.29, 1.82) is 0 Å². The zero-order valence-corrected chi connectivity index (χ0v) is 19.1. The molecule has 0 amide bonds. The van der Waals surface area contributed by atoms with Crippen LogP contribution in [0.25, 0.3) is 32.7 Å². The molecule has 0 aliphatic heterocycles. The average molecular weight is 436 g/mol. The number of benzene rings is 6. The van der Waals surface area contributed by atoms with Crippen LogP contribution in [0.15, 0.2) is 133 Å². The Morgan fingerprint density at radius 2 is 0.941 bits per heavy atom. The second-order valence-corrected chi connectivity index (χ2v) is 8.78. The highest BCUT2D eigenvalue weighted by molar-refractivity contribution is 6.08. The number of nitrogens with zero attached hydrogens (tertiary/aromatic N) is 1. The van der Waals surface area contributed by atoms with E-state index in [1.807, 2.05) is 0 Å². The van der Waals surface area contributed by atoms with E-state index in [2.05, 4.69) is 145 Å². The molecule has 1 heteroatoms. The maximum Gasteiger partial charge on any atom is 0.0468 e. The predicted octanol–water partition coefficient (Wildman–Crippen LogP) is 9.44. The maximum atomic E-state index is 2.34. The van der Waals surface area contributed by atoms with Crippen LogP contribution in [-0.2, 0) is 0 Å². The minimum atomic E-state index is 1.14. The Morgan fingerprint density at radius 1 is 0.412 bits per heavy atom. The summed E-state index contributed by atoms with van der Waals surface area (Å²) in [4.78, 5) is 2.34. The van der Waals surface area contributed by atoms with Crippen LogP contribution in [0.2, 0.25) is 0 Å². The molecule has 1 nitrogen and oxygen atoms in total. The number of rotatable bonds is 4. The van der Waals surface area contributed by atoms with E-state index in [0.717, 1.165) is 17.1 Å². The van der Waals surface area contributed by atoms with Crippen molar-refractivity contribution in [3.63, 3.8) is 0 Å². The van der Waals surface area contributed by atoms with Crippen LogP contribution in [0, 0.1) is 6.92 Å². The number of hydrogen-bond acceptors (Lipinski definition) is 1. The summed E-state index contributed by atoms with van der Waals surface area (Å²) in [6, 6.07) is 48.0. The Morgan fingerprint density at radius 3 is 1.68 bits per heavy atom. The van der Waals surface area contributed by atoms with E-state index in [-0.39, 0.29) is 0 Å². The molecule has 0 bridgehead atoms. The Labute approximate surface area is 200 Å². The van der Waals surface area contributed by atoms with Crippen LogP contribution in [0.1, 0.15) is 5.56 Å². The summed E-state index contributed by atoms with van der Waals surface area (Å²) in [5.74, 6) is 0. The number of hydrogen-bond donors (Lipinski definition) is 0. The van der Waals surface area contributed by atoms with Crippen LogP contribution >= 0.6 is 0 Å². The Bertz CT molecular complexity index is 1580. The first-order valence-corrected chi connectivity index (χ1v) is 11.7. The molecule has 0 radical (unpaired) electrons. The van der Waals surface area contributed by atoms with Crippen molar-refractivity contribution in [2.45, 2.75) is 6.92 Å². The summed E-state index contributed by atoms with van der Waals surface area (Å²) in [6.07, 6.45) is 0. The van der Waals surface area contributed by atoms with Gasteiger partial charge in [0, 0.05) is 17.1 Å². The summed E-state index contributed by atoms with van der Waals surface area (Å²) in [5, 5.41) is 5.07. The predicted molar refractivity (Wildman–Crippen MR) is 146 cm³/mol. The van der Waals surface area contributed by atoms with Gasteiger partial charge in [-0.05, 0) is 76.0 Å². The smallest absolute Gasteiger partial charge is 0.0468 e. The lowest BCUT2D eigenvalue weighted by Crippen LogP contribution is -2.09. The fraction of sp³-hybridized carbons (Fsp3) is 0.0303. The van der Waals surface area contributed by atoms with Crippen molar-refractivity contribution in [3.8, 4) is 11.1 Å². The van der Waals surface area contributed by atoms with E-state index in [1.54, 1.807) is 0 Å². The topological polar surface area (TPSA) is 3.24 Å². The number of fused-ring (bicyclic) bond motifs is 3. The molecule has 0 spiro atoms. The zero-order valence-electron chi connectivity index (χ0n) is 19.1. The third-order valence-corrected chi connectivity index (χ3v) is 6.51. The first-order chi connectivity index (χ1) is 16.8. The molecule has 34 heavy (non-hydrogen) atoms. The largest absolute Gasteiger partial charge is 0.310 e. The third-order valence-electron chi connectivity index (χ3n) is 6.51. The summed E-state index contributed by atoms with van der Waals surface area (Å²) < 4.78 is 0. The van der Waals surface area contributed by atoms with Crippen molar-refractivity contribution in [2.75, 3.05) is 4.90 Å².